The first-order valence-electron chi connectivity index (χ1n) is 7.75. The van der Waals surface area contributed by atoms with Gasteiger partial charge in [0, 0.05) is 11.8 Å². The van der Waals surface area contributed by atoms with Gasteiger partial charge in [0.2, 0.25) is 5.91 Å². The summed E-state index contributed by atoms with van der Waals surface area (Å²) in [6.45, 7) is 2.11. The molecule has 2 aliphatic heterocycles. The summed E-state index contributed by atoms with van der Waals surface area (Å²) in [4.78, 5) is 12.5. The topological polar surface area (TPSA) is 59.6 Å². The van der Waals surface area contributed by atoms with E-state index in [0.29, 0.717) is 30.8 Å². The Balaban J connectivity index is 1.47. The molecule has 21 heavy (non-hydrogen) atoms. The van der Waals surface area contributed by atoms with Crippen molar-refractivity contribution in [2.24, 2.45) is 11.8 Å². The second kappa shape index (κ2) is 5.22. The van der Waals surface area contributed by atoms with Crippen molar-refractivity contribution < 1.29 is 14.3 Å². The molecule has 3 aliphatic rings. The molecule has 0 spiro atoms. The van der Waals surface area contributed by atoms with E-state index >= 15 is 0 Å². The van der Waals surface area contributed by atoms with Gasteiger partial charge in [-0.05, 0) is 43.4 Å². The van der Waals surface area contributed by atoms with E-state index < -0.39 is 0 Å². The predicted octanol–water partition coefficient (Wildman–Crippen LogP) is 1.78. The maximum Gasteiger partial charge on any atom is 0.241 e. The van der Waals surface area contributed by atoms with Gasteiger partial charge in [-0.3, -0.25) is 4.79 Å². The van der Waals surface area contributed by atoms with Crippen molar-refractivity contribution in [2.75, 3.05) is 25.1 Å². The lowest BCUT2D eigenvalue weighted by Crippen LogP contribution is -2.39. The van der Waals surface area contributed by atoms with E-state index in [-0.39, 0.29) is 11.9 Å². The van der Waals surface area contributed by atoms with Crippen LogP contribution in [0.25, 0.3) is 0 Å². The standard InChI is InChI=1S/C16H20N2O3/c19-16(15-12-3-1-2-10(12)9-17-15)18-11-4-5-13-14(8-11)21-7-6-20-13/h4-5,8,10,12,15,17H,1-3,6-7,9H2,(H,18,19). The maximum absolute atomic E-state index is 12.5. The first kappa shape index (κ1) is 13.0. The van der Waals surface area contributed by atoms with E-state index in [1.807, 2.05) is 18.2 Å². The highest BCUT2D eigenvalue weighted by molar-refractivity contribution is 5.95. The van der Waals surface area contributed by atoms with Gasteiger partial charge >= 0.3 is 0 Å². The lowest BCUT2D eigenvalue weighted by molar-refractivity contribution is -0.118. The molecule has 1 saturated carbocycles. The minimum Gasteiger partial charge on any atom is -0.486 e. The molecule has 2 N–H and O–H groups in total. The monoisotopic (exact) mass is 288 g/mol. The molecule has 0 aromatic heterocycles. The van der Waals surface area contributed by atoms with Crippen LogP contribution >= 0.6 is 0 Å². The summed E-state index contributed by atoms with van der Waals surface area (Å²) < 4.78 is 11.0. The molecule has 5 heteroatoms. The Morgan fingerprint density at radius 1 is 1.19 bits per heavy atom. The highest BCUT2D eigenvalue weighted by Crippen LogP contribution is 2.38. The molecule has 0 radical (unpaired) electrons. The molecule has 1 amide bonds. The number of carbonyl (C=O) groups is 1. The van der Waals surface area contributed by atoms with Crippen molar-refractivity contribution in [1.82, 2.24) is 5.32 Å². The molecule has 0 bridgehead atoms. The van der Waals surface area contributed by atoms with E-state index in [4.69, 9.17) is 9.47 Å². The zero-order valence-electron chi connectivity index (χ0n) is 11.9. The van der Waals surface area contributed by atoms with Gasteiger partial charge in [-0.15, -0.1) is 0 Å². The third kappa shape index (κ3) is 2.35. The number of carbonyl (C=O) groups excluding carboxylic acids is 1. The Bertz CT molecular complexity index is 560. The fourth-order valence-corrected chi connectivity index (χ4v) is 3.82. The van der Waals surface area contributed by atoms with Crippen molar-refractivity contribution in [3.63, 3.8) is 0 Å². The molecule has 4 rings (SSSR count). The summed E-state index contributed by atoms with van der Waals surface area (Å²) in [7, 11) is 0. The highest BCUT2D eigenvalue weighted by Gasteiger charge is 2.42. The molecule has 112 valence electrons. The lowest BCUT2D eigenvalue weighted by atomic mass is 9.93. The Labute approximate surface area is 124 Å². The van der Waals surface area contributed by atoms with Crippen LogP contribution in [-0.2, 0) is 4.79 Å². The summed E-state index contributed by atoms with van der Waals surface area (Å²) in [5, 5.41) is 6.38. The Morgan fingerprint density at radius 2 is 2.05 bits per heavy atom. The third-order valence-corrected chi connectivity index (χ3v) is 4.84. The normalized spacial score (nSPS) is 30.0. The largest absolute Gasteiger partial charge is 0.486 e. The molecule has 5 nitrogen and oxygen atoms in total. The molecule has 1 saturated heterocycles. The highest BCUT2D eigenvalue weighted by atomic mass is 16.6. The van der Waals surface area contributed by atoms with Gasteiger partial charge in [-0.2, -0.15) is 0 Å². The van der Waals surface area contributed by atoms with Crippen LogP contribution < -0.4 is 20.1 Å². The fraction of sp³-hybridized carbons (Fsp3) is 0.562. The van der Waals surface area contributed by atoms with E-state index in [9.17, 15) is 4.79 Å². The van der Waals surface area contributed by atoms with E-state index in [1.54, 1.807) is 0 Å². The summed E-state index contributed by atoms with van der Waals surface area (Å²) in [5.74, 6) is 2.70. The Morgan fingerprint density at radius 3 is 2.95 bits per heavy atom. The lowest BCUT2D eigenvalue weighted by Gasteiger charge is -2.20. The van der Waals surface area contributed by atoms with Crippen LogP contribution in [0.15, 0.2) is 18.2 Å². The minimum absolute atomic E-state index is 0.0503. The van der Waals surface area contributed by atoms with Crippen molar-refractivity contribution >= 4 is 11.6 Å². The van der Waals surface area contributed by atoms with Crippen LogP contribution in [0.3, 0.4) is 0 Å². The van der Waals surface area contributed by atoms with Gasteiger partial charge in [0.25, 0.3) is 0 Å². The summed E-state index contributed by atoms with van der Waals surface area (Å²) in [6.07, 6.45) is 3.67. The van der Waals surface area contributed by atoms with Crippen molar-refractivity contribution in [3.05, 3.63) is 18.2 Å². The molecule has 2 heterocycles. The molecule has 3 atom stereocenters. The maximum atomic E-state index is 12.5. The predicted molar refractivity (Wildman–Crippen MR) is 78.7 cm³/mol. The Hall–Kier alpha value is -1.75. The van der Waals surface area contributed by atoms with Crippen LogP contribution in [0.4, 0.5) is 5.69 Å². The van der Waals surface area contributed by atoms with Gasteiger partial charge in [0.1, 0.15) is 13.2 Å². The zero-order valence-corrected chi connectivity index (χ0v) is 11.9. The average molecular weight is 288 g/mol. The number of amides is 1. The number of rotatable bonds is 2. The zero-order chi connectivity index (χ0) is 14.2. The second-order valence-corrected chi connectivity index (χ2v) is 6.09. The molecule has 1 aromatic rings. The molecule has 1 aliphatic carbocycles. The summed E-state index contributed by atoms with van der Waals surface area (Å²) in [5.41, 5.74) is 0.771. The van der Waals surface area contributed by atoms with Crippen molar-refractivity contribution in [1.29, 1.82) is 0 Å². The molecular weight excluding hydrogens is 268 g/mol. The van der Waals surface area contributed by atoms with Crippen LogP contribution in [0.5, 0.6) is 11.5 Å². The van der Waals surface area contributed by atoms with Crippen LogP contribution in [0.2, 0.25) is 0 Å². The van der Waals surface area contributed by atoms with Gasteiger partial charge < -0.3 is 20.1 Å². The van der Waals surface area contributed by atoms with E-state index in [2.05, 4.69) is 10.6 Å². The SMILES string of the molecule is O=C(Nc1ccc2c(c1)OCCO2)C1NCC2CCCC21. The molecule has 2 fully saturated rings. The quantitative estimate of drug-likeness (QED) is 0.871. The van der Waals surface area contributed by atoms with Gasteiger partial charge in [-0.25, -0.2) is 0 Å². The number of hydrogen-bond acceptors (Lipinski definition) is 4. The van der Waals surface area contributed by atoms with Gasteiger partial charge in [0.15, 0.2) is 11.5 Å². The summed E-state index contributed by atoms with van der Waals surface area (Å²) >= 11 is 0. The summed E-state index contributed by atoms with van der Waals surface area (Å²) in [6, 6.07) is 5.51. The smallest absolute Gasteiger partial charge is 0.241 e. The number of nitrogens with one attached hydrogen (secondary N) is 2. The molecular formula is C16H20N2O3. The van der Waals surface area contributed by atoms with Crippen LogP contribution in [0, 0.1) is 11.8 Å². The van der Waals surface area contributed by atoms with Crippen LogP contribution in [-0.4, -0.2) is 31.7 Å². The molecule has 3 unspecified atom stereocenters. The number of ether oxygens (including phenoxy) is 2. The number of fused-ring (bicyclic) bond motifs is 2. The Kier molecular flexibility index (Phi) is 3.22. The van der Waals surface area contributed by atoms with E-state index in [1.165, 1.54) is 12.8 Å². The van der Waals surface area contributed by atoms with Gasteiger partial charge in [0.05, 0.1) is 6.04 Å². The van der Waals surface area contributed by atoms with Crippen LogP contribution in [0.1, 0.15) is 19.3 Å². The fourth-order valence-electron chi connectivity index (χ4n) is 3.82. The first-order valence-corrected chi connectivity index (χ1v) is 7.75. The van der Waals surface area contributed by atoms with Crippen molar-refractivity contribution in [2.45, 2.75) is 25.3 Å². The van der Waals surface area contributed by atoms with E-state index in [0.717, 1.165) is 24.4 Å². The second-order valence-electron chi connectivity index (χ2n) is 6.09. The van der Waals surface area contributed by atoms with Gasteiger partial charge in [-0.1, -0.05) is 6.42 Å². The average Bonchev–Trinajstić information content (AvgIpc) is 3.09. The molecule has 1 aromatic carbocycles. The number of anilines is 1. The van der Waals surface area contributed by atoms with Crippen molar-refractivity contribution in [3.8, 4) is 11.5 Å². The first-order chi connectivity index (χ1) is 10.3. The number of hydrogen-bond donors (Lipinski definition) is 2. The third-order valence-electron chi connectivity index (χ3n) is 4.84. The number of benzene rings is 1. The minimum atomic E-state index is -0.0503.